The summed E-state index contributed by atoms with van der Waals surface area (Å²) in [4.78, 5) is 11.4. The number of nitrogens with one attached hydrogen (secondary N) is 2. The van der Waals surface area contributed by atoms with E-state index in [1.54, 1.807) is 18.2 Å². The summed E-state index contributed by atoms with van der Waals surface area (Å²) in [7, 11) is 0. The van der Waals surface area contributed by atoms with E-state index >= 15 is 0 Å². The van der Waals surface area contributed by atoms with E-state index in [0.29, 0.717) is 17.2 Å². The van der Waals surface area contributed by atoms with Gasteiger partial charge in [0.25, 0.3) is 0 Å². The number of carbonyl (C=O) groups is 1. The molecule has 0 saturated heterocycles. The zero-order chi connectivity index (χ0) is 13.9. The molecule has 1 aromatic rings. The number of ether oxygens (including phenoxy) is 2. The molecule has 1 amide bonds. The molecular formula is C11H11F3N2O3. The van der Waals surface area contributed by atoms with E-state index in [0.717, 1.165) is 0 Å². The summed E-state index contributed by atoms with van der Waals surface area (Å²) in [6.07, 6.45) is -4.33. The third-order valence-electron chi connectivity index (χ3n) is 2.27. The van der Waals surface area contributed by atoms with Crippen molar-refractivity contribution in [3.63, 3.8) is 0 Å². The first kappa shape index (κ1) is 13.5. The summed E-state index contributed by atoms with van der Waals surface area (Å²) in [6, 6.07) is 4.74. The van der Waals surface area contributed by atoms with Crippen LogP contribution in [0.15, 0.2) is 18.2 Å². The van der Waals surface area contributed by atoms with Crippen LogP contribution >= 0.6 is 0 Å². The minimum absolute atomic E-state index is 0.111. The number of hydrogen-bond donors (Lipinski definition) is 2. The van der Waals surface area contributed by atoms with Crippen molar-refractivity contribution in [1.29, 1.82) is 0 Å². The molecule has 0 unspecified atom stereocenters. The number of alkyl halides is 3. The third kappa shape index (κ3) is 4.02. The maximum absolute atomic E-state index is 11.9. The van der Waals surface area contributed by atoms with Crippen LogP contribution in [0.25, 0.3) is 0 Å². The molecule has 0 saturated carbocycles. The average Bonchev–Trinajstić information content (AvgIpc) is 2.74. The fourth-order valence-electron chi connectivity index (χ4n) is 1.50. The molecule has 104 valence electrons. The van der Waals surface area contributed by atoms with Crippen molar-refractivity contribution < 1.29 is 27.4 Å². The minimum Gasteiger partial charge on any atom is -0.454 e. The third-order valence-corrected chi connectivity index (χ3v) is 2.27. The molecule has 1 aromatic carbocycles. The number of amides is 1. The van der Waals surface area contributed by atoms with Crippen LogP contribution in [0, 0.1) is 0 Å². The first-order valence-electron chi connectivity index (χ1n) is 5.41. The van der Waals surface area contributed by atoms with Gasteiger partial charge in [-0.25, -0.2) is 0 Å². The van der Waals surface area contributed by atoms with Gasteiger partial charge in [-0.1, -0.05) is 0 Å². The molecule has 2 rings (SSSR count). The molecule has 0 bridgehead atoms. The Morgan fingerprint density at radius 2 is 2.00 bits per heavy atom. The number of rotatable bonds is 4. The second-order valence-corrected chi connectivity index (χ2v) is 3.83. The molecule has 0 fully saturated rings. The van der Waals surface area contributed by atoms with E-state index in [4.69, 9.17) is 9.47 Å². The standard InChI is InChI=1S/C11H11F3N2O3/c12-11(13,14)5-15-4-10(17)16-7-1-2-8-9(3-7)19-6-18-8/h1-3,15H,4-6H2,(H,16,17). The molecule has 5 nitrogen and oxygen atoms in total. The molecule has 2 N–H and O–H groups in total. The van der Waals surface area contributed by atoms with Crippen LogP contribution in [-0.2, 0) is 4.79 Å². The van der Waals surface area contributed by atoms with Crippen LogP contribution in [0.4, 0.5) is 18.9 Å². The first-order valence-corrected chi connectivity index (χ1v) is 5.41. The van der Waals surface area contributed by atoms with Gasteiger partial charge in [-0.15, -0.1) is 0 Å². The smallest absolute Gasteiger partial charge is 0.401 e. The lowest BCUT2D eigenvalue weighted by Crippen LogP contribution is -2.35. The fraction of sp³-hybridized carbons (Fsp3) is 0.364. The van der Waals surface area contributed by atoms with Crippen LogP contribution < -0.4 is 20.1 Å². The SMILES string of the molecule is O=C(CNCC(F)(F)F)Nc1ccc2c(c1)OCO2. The molecule has 19 heavy (non-hydrogen) atoms. The van der Waals surface area contributed by atoms with Crippen molar-refractivity contribution in [3.05, 3.63) is 18.2 Å². The maximum Gasteiger partial charge on any atom is 0.401 e. The topological polar surface area (TPSA) is 59.6 Å². The highest BCUT2D eigenvalue weighted by atomic mass is 19.4. The van der Waals surface area contributed by atoms with Crippen LogP contribution in [0.1, 0.15) is 0 Å². The number of halogens is 3. The molecule has 1 aliphatic heterocycles. The Balaban J connectivity index is 1.82. The van der Waals surface area contributed by atoms with Gasteiger partial charge < -0.3 is 20.1 Å². The number of fused-ring (bicyclic) bond motifs is 1. The van der Waals surface area contributed by atoms with E-state index in [-0.39, 0.29) is 6.79 Å². The summed E-state index contributed by atoms with van der Waals surface area (Å²) in [6.45, 7) is -1.52. The van der Waals surface area contributed by atoms with Gasteiger partial charge >= 0.3 is 6.18 Å². The van der Waals surface area contributed by atoms with Gasteiger partial charge in [0.05, 0.1) is 13.1 Å². The van der Waals surface area contributed by atoms with E-state index in [1.807, 2.05) is 5.32 Å². The number of benzene rings is 1. The average molecular weight is 276 g/mol. The maximum atomic E-state index is 11.9. The molecule has 1 aliphatic rings. The Morgan fingerprint density at radius 3 is 2.74 bits per heavy atom. The Bertz CT molecular complexity index is 477. The van der Waals surface area contributed by atoms with E-state index in [2.05, 4.69) is 5.32 Å². The van der Waals surface area contributed by atoms with Crippen LogP contribution in [0.5, 0.6) is 11.5 Å². The lowest BCUT2D eigenvalue weighted by Gasteiger charge is -2.09. The van der Waals surface area contributed by atoms with Crippen molar-refractivity contribution in [1.82, 2.24) is 5.32 Å². The van der Waals surface area contributed by atoms with E-state index in [1.165, 1.54) is 0 Å². The van der Waals surface area contributed by atoms with Crippen molar-refractivity contribution in [2.75, 3.05) is 25.2 Å². The molecule has 0 atom stereocenters. The highest BCUT2D eigenvalue weighted by Crippen LogP contribution is 2.34. The molecule has 1 heterocycles. The quantitative estimate of drug-likeness (QED) is 0.875. The first-order chi connectivity index (χ1) is 8.94. The Hall–Kier alpha value is -1.96. The van der Waals surface area contributed by atoms with Crippen molar-refractivity contribution in [3.8, 4) is 11.5 Å². The van der Waals surface area contributed by atoms with E-state index < -0.39 is 25.2 Å². The van der Waals surface area contributed by atoms with Gasteiger partial charge in [0.2, 0.25) is 12.7 Å². The lowest BCUT2D eigenvalue weighted by molar-refractivity contribution is -0.126. The van der Waals surface area contributed by atoms with Crippen molar-refractivity contribution in [2.24, 2.45) is 0 Å². The second kappa shape index (κ2) is 5.35. The largest absolute Gasteiger partial charge is 0.454 e. The molecule has 8 heteroatoms. The monoisotopic (exact) mass is 276 g/mol. The Labute approximate surface area is 106 Å². The highest BCUT2D eigenvalue weighted by molar-refractivity contribution is 5.92. The summed E-state index contributed by atoms with van der Waals surface area (Å²) in [5, 5.41) is 4.46. The van der Waals surface area contributed by atoms with Gasteiger partial charge in [-0.3, -0.25) is 4.79 Å². The minimum atomic E-state index is -4.33. The van der Waals surface area contributed by atoms with Crippen molar-refractivity contribution in [2.45, 2.75) is 6.18 Å². The molecule has 0 radical (unpaired) electrons. The van der Waals surface area contributed by atoms with Gasteiger partial charge in [0, 0.05) is 11.8 Å². The lowest BCUT2D eigenvalue weighted by atomic mass is 10.3. The van der Waals surface area contributed by atoms with E-state index in [9.17, 15) is 18.0 Å². The van der Waals surface area contributed by atoms with Gasteiger partial charge in [0.15, 0.2) is 11.5 Å². The molecular weight excluding hydrogens is 265 g/mol. The predicted molar refractivity (Wildman–Crippen MR) is 60.1 cm³/mol. The van der Waals surface area contributed by atoms with Gasteiger partial charge in [-0.2, -0.15) is 13.2 Å². The number of hydrogen-bond acceptors (Lipinski definition) is 4. The summed E-state index contributed by atoms with van der Waals surface area (Å²) in [5.74, 6) is 0.484. The number of anilines is 1. The van der Waals surface area contributed by atoms with Gasteiger partial charge in [-0.05, 0) is 12.1 Å². The molecule has 0 spiro atoms. The molecule has 0 aliphatic carbocycles. The second-order valence-electron chi connectivity index (χ2n) is 3.83. The van der Waals surface area contributed by atoms with Crippen LogP contribution in [0.3, 0.4) is 0 Å². The predicted octanol–water partition coefficient (Wildman–Crippen LogP) is 1.51. The Kier molecular flexibility index (Phi) is 3.79. The van der Waals surface area contributed by atoms with Crippen molar-refractivity contribution >= 4 is 11.6 Å². The summed E-state index contributed by atoms with van der Waals surface area (Å²) < 4.78 is 45.8. The molecule has 0 aromatic heterocycles. The fourth-order valence-corrected chi connectivity index (χ4v) is 1.50. The van der Waals surface area contributed by atoms with Crippen LogP contribution in [-0.4, -0.2) is 32.0 Å². The Morgan fingerprint density at radius 1 is 1.26 bits per heavy atom. The zero-order valence-corrected chi connectivity index (χ0v) is 9.71. The van der Waals surface area contributed by atoms with Gasteiger partial charge in [0.1, 0.15) is 0 Å². The zero-order valence-electron chi connectivity index (χ0n) is 9.71. The van der Waals surface area contributed by atoms with Crippen LogP contribution in [0.2, 0.25) is 0 Å². The summed E-state index contributed by atoms with van der Waals surface area (Å²) in [5.41, 5.74) is 0.433. The normalized spacial score (nSPS) is 13.4. The summed E-state index contributed by atoms with van der Waals surface area (Å²) >= 11 is 0. The highest BCUT2D eigenvalue weighted by Gasteiger charge is 2.26. The number of carbonyl (C=O) groups excluding carboxylic acids is 1.